The first-order valence-corrected chi connectivity index (χ1v) is 12.8. The SMILES string of the molecule is CCOC(=O)Cn1c(C)c(Cc2ccc(S(=O)(=O)N3CCCC3)cc2)c2c1CCCC2. The summed E-state index contributed by atoms with van der Waals surface area (Å²) in [5, 5.41) is 0. The van der Waals surface area contributed by atoms with Gasteiger partial charge in [0.1, 0.15) is 6.54 Å². The Hall–Kier alpha value is -2.12. The van der Waals surface area contributed by atoms with Crippen LogP contribution in [0.2, 0.25) is 0 Å². The Kier molecular flexibility index (Phi) is 6.53. The van der Waals surface area contributed by atoms with E-state index < -0.39 is 10.0 Å². The van der Waals surface area contributed by atoms with Crippen LogP contribution in [0.3, 0.4) is 0 Å². The van der Waals surface area contributed by atoms with Gasteiger partial charge in [-0.1, -0.05) is 12.1 Å². The van der Waals surface area contributed by atoms with Crippen molar-refractivity contribution in [2.24, 2.45) is 0 Å². The van der Waals surface area contributed by atoms with E-state index in [1.165, 1.54) is 16.8 Å². The molecule has 2 aliphatic rings. The van der Waals surface area contributed by atoms with Crippen molar-refractivity contribution in [2.75, 3.05) is 19.7 Å². The van der Waals surface area contributed by atoms with Gasteiger partial charge >= 0.3 is 5.97 Å². The third-order valence-corrected chi connectivity index (χ3v) is 8.48. The van der Waals surface area contributed by atoms with Crippen LogP contribution in [0.5, 0.6) is 0 Å². The van der Waals surface area contributed by atoms with Crippen LogP contribution in [0.25, 0.3) is 0 Å². The van der Waals surface area contributed by atoms with E-state index >= 15 is 0 Å². The fourth-order valence-corrected chi connectivity index (χ4v) is 6.46. The Balaban J connectivity index is 1.59. The fourth-order valence-electron chi connectivity index (χ4n) is 4.94. The van der Waals surface area contributed by atoms with E-state index in [-0.39, 0.29) is 12.5 Å². The quantitative estimate of drug-likeness (QED) is 0.612. The van der Waals surface area contributed by atoms with Crippen molar-refractivity contribution >= 4 is 16.0 Å². The second kappa shape index (κ2) is 9.17. The summed E-state index contributed by atoms with van der Waals surface area (Å²) in [6.45, 7) is 5.79. The summed E-state index contributed by atoms with van der Waals surface area (Å²) in [5.41, 5.74) is 6.11. The maximum absolute atomic E-state index is 12.8. The van der Waals surface area contributed by atoms with Crippen molar-refractivity contribution in [3.63, 3.8) is 0 Å². The van der Waals surface area contributed by atoms with Gasteiger partial charge in [0, 0.05) is 24.5 Å². The minimum absolute atomic E-state index is 0.197. The summed E-state index contributed by atoms with van der Waals surface area (Å²) in [6.07, 6.45) is 6.94. The number of nitrogens with zero attached hydrogens (tertiary/aromatic N) is 2. The van der Waals surface area contributed by atoms with Crippen LogP contribution in [0.1, 0.15) is 60.7 Å². The molecular weight excluding hydrogens is 412 g/mol. The van der Waals surface area contributed by atoms with E-state index in [2.05, 4.69) is 11.5 Å². The monoisotopic (exact) mass is 444 g/mol. The average molecular weight is 445 g/mol. The number of hydrogen-bond donors (Lipinski definition) is 0. The summed E-state index contributed by atoms with van der Waals surface area (Å²) >= 11 is 0. The molecule has 0 bridgehead atoms. The van der Waals surface area contributed by atoms with Gasteiger partial charge in [-0.3, -0.25) is 4.79 Å². The van der Waals surface area contributed by atoms with Gasteiger partial charge < -0.3 is 9.30 Å². The minimum atomic E-state index is -3.39. The third-order valence-electron chi connectivity index (χ3n) is 6.57. The largest absolute Gasteiger partial charge is 0.465 e. The molecule has 2 aromatic rings. The molecule has 1 aromatic carbocycles. The molecule has 7 heteroatoms. The Bertz CT molecular complexity index is 1050. The van der Waals surface area contributed by atoms with E-state index in [1.54, 1.807) is 16.4 Å². The molecule has 0 saturated carbocycles. The van der Waals surface area contributed by atoms with Gasteiger partial charge in [0.15, 0.2) is 0 Å². The summed E-state index contributed by atoms with van der Waals surface area (Å²) in [5.74, 6) is -0.197. The molecule has 0 radical (unpaired) electrons. The number of aromatic nitrogens is 1. The number of benzene rings is 1. The van der Waals surface area contributed by atoms with Gasteiger partial charge in [0.2, 0.25) is 10.0 Å². The number of carbonyl (C=O) groups is 1. The highest BCUT2D eigenvalue weighted by Gasteiger charge is 2.27. The lowest BCUT2D eigenvalue weighted by atomic mass is 9.92. The number of esters is 1. The lowest BCUT2D eigenvalue weighted by Gasteiger charge is -2.16. The van der Waals surface area contributed by atoms with E-state index in [0.717, 1.165) is 56.2 Å². The van der Waals surface area contributed by atoms with E-state index in [4.69, 9.17) is 4.74 Å². The van der Waals surface area contributed by atoms with Gasteiger partial charge in [0.25, 0.3) is 0 Å². The first-order valence-electron chi connectivity index (χ1n) is 11.4. The standard InChI is InChI=1S/C24H32N2O4S/c1-3-30-24(27)17-26-18(2)22(21-8-4-5-9-23(21)26)16-19-10-12-20(13-11-19)31(28,29)25-14-6-7-15-25/h10-13H,3-9,14-17H2,1-2H3. The van der Waals surface area contributed by atoms with Crippen LogP contribution in [0, 0.1) is 6.92 Å². The molecule has 0 spiro atoms. The van der Waals surface area contributed by atoms with Crippen molar-refractivity contribution in [1.82, 2.24) is 8.87 Å². The normalized spacial score (nSPS) is 17.0. The second-order valence-corrected chi connectivity index (χ2v) is 10.5. The molecule has 31 heavy (non-hydrogen) atoms. The summed E-state index contributed by atoms with van der Waals surface area (Å²) in [7, 11) is -3.39. The van der Waals surface area contributed by atoms with E-state index in [0.29, 0.717) is 24.6 Å². The van der Waals surface area contributed by atoms with Crippen LogP contribution in [0.4, 0.5) is 0 Å². The molecular formula is C24H32N2O4S. The van der Waals surface area contributed by atoms with Crippen LogP contribution < -0.4 is 0 Å². The van der Waals surface area contributed by atoms with Gasteiger partial charge in [-0.05, 0) is 87.6 Å². The van der Waals surface area contributed by atoms with Crippen molar-refractivity contribution < 1.29 is 17.9 Å². The predicted octanol–water partition coefficient (Wildman–Crippen LogP) is 3.61. The Labute approximate surface area is 185 Å². The second-order valence-electron chi connectivity index (χ2n) is 8.52. The molecule has 1 aliphatic carbocycles. The average Bonchev–Trinajstić information content (AvgIpc) is 3.39. The molecule has 0 N–H and O–H groups in total. The smallest absolute Gasteiger partial charge is 0.325 e. The van der Waals surface area contributed by atoms with Gasteiger partial charge in [-0.2, -0.15) is 4.31 Å². The maximum Gasteiger partial charge on any atom is 0.325 e. The number of fused-ring (bicyclic) bond motifs is 1. The number of sulfonamides is 1. The molecule has 168 valence electrons. The van der Waals surface area contributed by atoms with E-state index in [9.17, 15) is 13.2 Å². The van der Waals surface area contributed by atoms with Gasteiger partial charge in [-0.25, -0.2) is 8.42 Å². The molecule has 0 amide bonds. The molecule has 4 rings (SSSR count). The summed E-state index contributed by atoms with van der Waals surface area (Å²) in [6, 6.07) is 7.33. The van der Waals surface area contributed by atoms with E-state index in [1.807, 2.05) is 19.1 Å². The van der Waals surface area contributed by atoms with Gasteiger partial charge in [-0.15, -0.1) is 0 Å². The lowest BCUT2D eigenvalue weighted by Crippen LogP contribution is -2.27. The zero-order chi connectivity index (χ0) is 22.0. The molecule has 2 heterocycles. The van der Waals surface area contributed by atoms with Crippen molar-refractivity contribution in [2.45, 2.75) is 70.2 Å². The third kappa shape index (κ3) is 4.44. The zero-order valence-corrected chi connectivity index (χ0v) is 19.3. The highest BCUT2D eigenvalue weighted by Crippen LogP contribution is 2.32. The predicted molar refractivity (Wildman–Crippen MR) is 120 cm³/mol. The number of hydrogen-bond acceptors (Lipinski definition) is 4. The zero-order valence-electron chi connectivity index (χ0n) is 18.5. The fraction of sp³-hybridized carbons (Fsp3) is 0.542. The highest BCUT2D eigenvalue weighted by atomic mass is 32.2. The topological polar surface area (TPSA) is 68.6 Å². The summed E-state index contributed by atoms with van der Waals surface area (Å²) < 4.78 is 34.5. The Morgan fingerprint density at radius 1 is 1.03 bits per heavy atom. The molecule has 1 saturated heterocycles. The van der Waals surface area contributed by atoms with Crippen LogP contribution >= 0.6 is 0 Å². The summed E-state index contributed by atoms with van der Waals surface area (Å²) in [4.78, 5) is 12.5. The lowest BCUT2D eigenvalue weighted by molar-refractivity contribution is -0.143. The van der Waals surface area contributed by atoms with Crippen molar-refractivity contribution in [3.8, 4) is 0 Å². The number of ether oxygens (including phenoxy) is 1. The van der Waals surface area contributed by atoms with Crippen LogP contribution in [-0.4, -0.2) is 43.0 Å². The molecule has 1 aromatic heterocycles. The molecule has 0 unspecified atom stereocenters. The first-order chi connectivity index (χ1) is 14.9. The molecule has 1 fully saturated rings. The first kappa shape index (κ1) is 22.1. The Morgan fingerprint density at radius 2 is 1.71 bits per heavy atom. The number of rotatable bonds is 7. The maximum atomic E-state index is 12.8. The van der Waals surface area contributed by atoms with Crippen molar-refractivity contribution in [3.05, 3.63) is 52.3 Å². The highest BCUT2D eigenvalue weighted by molar-refractivity contribution is 7.89. The molecule has 1 aliphatic heterocycles. The van der Waals surface area contributed by atoms with Crippen LogP contribution in [0.15, 0.2) is 29.2 Å². The van der Waals surface area contributed by atoms with Crippen molar-refractivity contribution in [1.29, 1.82) is 0 Å². The molecule has 0 atom stereocenters. The Morgan fingerprint density at radius 3 is 2.39 bits per heavy atom. The van der Waals surface area contributed by atoms with Crippen LogP contribution in [-0.2, 0) is 45.4 Å². The minimum Gasteiger partial charge on any atom is -0.465 e. The molecule has 6 nitrogen and oxygen atoms in total. The number of carbonyl (C=O) groups excluding carboxylic acids is 1. The van der Waals surface area contributed by atoms with Gasteiger partial charge in [0.05, 0.1) is 11.5 Å².